The topological polar surface area (TPSA) is 38.0 Å². The lowest BCUT2D eigenvalue weighted by molar-refractivity contribution is 0.619. The lowest BCUT2D eigenvalue weighted by Crippen LogP contribution is -1.98. The van der Waals surface area contributed by atoms with E-state index in [2.05, 4.69) is 5.32 Å². The third-order valence-corrected chi connectivity index (χ3v) is 2.85. The van der Waals surface area contributed by atoms with Crippen LogP contribution in [0.25, 0.3) is 0 Å². The second-order valence-electron chi connectivity index (χ2n) is 3.94. The second-order valence-corrected chi connectivity index (χ2v) is 4.35. The van der Waals surface area contributed by atoms with Gasteiger partial charge in [-0.2, -0.15) is 0 Å². The summed E-state index contributed by atoms with van der Waals surface area (Å²) in [6, 6.07) is 6.65. The van der Waals surface area contributed by atoms with Gasteiger partial charge in [-0.15, -0.1) is 0 Å². The summed E-state index contributed by atoms with van der Waals surface area (Å²) in [5, 5.41) is 3.16. The largest absolute Gasteiger partial charge is 0.397 e. The van der Waals surface area contributed by atoms with Crippen LogP contribution >= 0.6 is 11.6 Å². The van der Waals surface area contributed by atoms with E-state index in [-0.39, 0.29) is 0 Å². The Morgan fingerprint density at radius 3 is 2.56 bits per heavy atom. The molecule has 5 heteroatoms. The zero-order valence-electron chi connectivity index (χ0n) is 9.60. The summed E-state index contributed by atoms with van der Waals surface area (Å²) < 4.78 is 26.5. The molecule has 0 heterocycles. The summed E-state index contributed by atoms with van der Waals surface area (Å²) in [4.78, 5) is 0. The Kier molecular flexibility index (Phi) is 3.39. The average Bonchev–Trinajstić information content (AvgIpc) is 2.30. The van der Waals surface area contributed by atoms with Crippen molar-refractivity contribution in [1.29, 1.82) is 0 Å². The van der Waals surface area contributed by atoms with E-state index in [1.165, 1.54) is 30.3 Å². The smallest absolute Gasteiger partial charge is 0.128 e. The van der Waals surface area contributed by atoms with E-state index in [4.69, 9.17) is 17.3 Å². The Bertz CT molecular complexity index is 600. The minimum absolute atomic E-state index is 0.345. The molecule has 2 aromatic carbocycles. The zero-order valence-corrected chi connectivity index (χ0v) is 10.4. The molecule has 0 aliphatic rings. The number of hydrogen-bond donors (Lipinski definition) is 2. The molecule has 0 saturated heterocycles. The Morgan fingerprint density at radius 2 is 1.83 bits per heavy atom. The molecular formula is C13H11ClF2N2. The first-order valence-corrected chi connectivity index (χ1v) is 5.63. The van der Waals surface area contributed by atoms with E-state index in [9.17, 15) is 8.78 Å². The minimum atomic E-state index is -0.435. The molecule has 2 nitrogen and oxygen atoms in total. The molecule has 0 saturated carbocycles. The highest BCUT2D eigenvalue weighted by atomic mass is 35.5. The van der Waals surface area contributed by atoms with Gasteiger partial charge in [0.25, 0.3) is 0 Å². The van der Waals surface area contributed by atoms with E-state index in [1.807, 2.05) is 0 Å². The van der Waals surface area contributed by atoms with Gasteiger partial charge in [-0.05, 0) is 42.8 Å². The summed E-state index contributed by atoms with van der Waals surface area (Å²) in [7, 11) is 0. The highest BCUT2D eigenvalue weighted by molar-refractivity contribution is 6.33. The van der Waals surface area contributed by atoms with Crippen LogP contribution in [0.2, 0.25) is 5.02 Å². The number of aryl methyl sites for hydroxylation is 1. The molecule has 0 unspecified atom stereocenters. The summed E-state index contributed by atoms with van der Waals surface area (Å²) >= 11 is 5.98. The lowest BCUT2D eigenvalue weighted by Gasteiger charge is -2.12. The van der Waals surface area contributed by atoms with Crippen LogP contribution in [-0.4, -0.2) is 0 Å². The molecule has 0 fully saturated rings. The van der Waals surface area contributed by atoms with Gasteiger partial charge in [0.1, 0.15) is 11.6 Å². The zero-order chi connectivity index (χ0) is 13.3. The second kappa shape index (κ2) is 4.82. The minimum Gasteiger partial charge on any atom is -0.397 e. The SMILES string of the molecule is Cc1cc(Cl)c(Nc2cc(F)ccc2N)cc1F. The molecule has 2 aromatic rings. The van der Waals surface area contributed by atoms with Crippen LogP contribution < -0.4 is 11.1 Å². The number of nitrogens with one attached hydrogen (secondary N) is 1. The highest BCUT2D eigenvalue weighted by Gasteiger charge is 2.08. The van der Waals surface area contributed by atoms with Gasteiger partial charge >= 0.3 is 0 Å². The number of hydrogen-bond acceptors (Lipinski definition) is 2. The number of nitrogens with two attached hydrogens (primary N) is 1. The maximum absolute atomic E-state index is 13.4. The van der Waals surface area contributed by atoms with E-state index in [0.717, 1.165) is 0 Å². The van der Waals surface area contributed by atoms with Crippen LogP contribution in [0.3, 0.4) is 0 Å². The lowest BCUT2D eigenvalue weighted by atomic mass is 10.2. The molecule has 18 heavy (non-hydrogen) atoms. The van der Waals surface area contributed by atoms with Crippen LogP contribution in [0.1, 0.15) is 5.56 Å². The Morgan fingerprint density at radius 1 is 1.11 bits per heavy atom. The summed E-state index contributed by atoms with van der Waals surface area (Å²) in [6.07, 6.45) is 0. The number of anilines is 3. The Hall–Kier alpha value is -1.81. The summed E-state index contributed by atoms with van der Waals surface area (Å²) in [6.45, 7) is 1.61. The molecular weight excluding hydrogens is 258 g/mol. The van der Waals surface area contributed by atoms with Crippen molar-refractivity contribution < 1.29 is 8.78 Å². The average molecular weight is 269 g/mol. The molecule has 2 rings (SSSR count). The van der Waals surface area contributed by atoms with Crippen molar-refractivity contribution in [3.8, 4) is 0 Å². The van der Waals surface area contributed by atoms with E-state index >= 15 is 0 Å². The van der Waals surface area contributed by atoms with Crippen LogP contribution in [0.5, 0.6) is 0 Å². The van der Waals surface area contributed by atoms with Gasteiger partial charge in [0.15, 0.2) is 0 Å². The van der Waals surface area contributed by atoms with Crippen molar-refractivity contribution in [3.63, 3.8) is 0 Å². The van der Waals surface area contributed by atoms with Crippen molar-refractivity contribution in [3.05, 3.63) is 52.6 Å². The highest BCUT2D eigenvalue weighted by Crippen LogP contribution is 2.30. The molecule has 0 aliphatic heterocycles. The van der Waals surface area contributed by atoms with Crippen LogP contribution in [0.15, 0.2) is 30.3 Å². The predicted octanol–water partition coefficient (Wildman–Crippen LogP) is 4.25. The standard InChI is InChI=1S/C13H11ClF2N2/c1-7-4-9(14)12(6-10(7)16)18-13-5-8(15)2-3-11(13)17/h2-6,18H,17H2,1H3. The van der Waals surface area contributed by atoms with Crippen LogP contribution in [0, 0.1) is 18.6 Å². The Balaban J connectivity index is 2.40. The molecule has 3 N–H and O–H groups in total. The number of halogens is 3. The van der Waals surface area contributed by atoms with Gasteiger partial charge in [0.05, 0.1) is 22.1 Å². The fourth-order valence-corrected chi connectivity index (χ4v) is 1.79. The van der Waals surface area contributed by atoms with Gasteiger partial charge in [0.2, 0.25) is 0 Å². The third-order valence-electron chi connectivity index (χ3n) is 2.53. The molecule has 0 aromatic heterocycles. The predicted molar refractivity (Wildman–Crippen MR) is 70.2 cm³/mol. The molecule has 0 spiro atoms. The van der Waals surface area contributed by atoms with Crippen molar-refractivity contribution in [2.75, 3.05) is 11.1 Å². The van der Waals surface area contributed by atoms with Crippen molar-refractivity contribution >= 4 is 28.7 Å². The maximum Gasteiger partial charge on any atom is 0.128 e. The van der Waals surface area contributed by atoms with Crippen LogP contribution in [0.4, 0.5) is 25.8 Å². The van der Waals surface area contributed by atoms with E-state index < -0.39 is 11.6 Å². The fraction of sp³-hybridized carbons (Fsp3) is 0.0769. The quantitative estimate of drug-likeness (QED) is 0.799. The summed E-state index contributed by atoms with van der Waals surface area (Å²) in [5.41, 5.74) is 7.18. The first-order valence-electron chi connectivity index (χ1n) is 5.25. The fourth-order valence-electron chi connectivity index (χ4n) is 1.52. The Labute approximate surface area is 108 Å². The third kappa shape index (κ3) is 2.54. The molecule has 0 atom stereocenters. The number of rotatable bonds is 2. The number of nitrogen functional groups attached to an aromatic ring is 1. The maximum atomic E-state index is 13.4. The molecule has 94 valence electrons. The molecule has 0 radical (unpaired) electrons. The van der Waals surface area contributed by atoms with Gasteiger partial charge in [0, 0.05) is 0 Å². The van der Waals surface area contributed by atoms with Crippen molar-refractivity contribution in [1.82, 2.24) is 0 Å². The molecule has 0 bridgehead atoms. The van der Waals surface area contributed by atoms with E-state index in [1.54, 1.807) is 6.92 Å². The normalized spacial score (nSPS) is 10.4. The van der Waals surface area contributed by atoms with Gasteiger partial charge in [-0.25, -0.2) is 8.78 Å². The molecule has 0 aliphatic carbocycles. The first-order chi connectivity index (χ1) is 8.47. The van der Waals surface area contributed by atoms with Crippen molar-refractivity contribution in [2.24, 2.45) is 0 Å². The summed E-state index contributed by atoms with van der Waals surface area (Å²) in [5.74, 6) is -0.827. The van der Waals surface area contributed by atoms with Gasteiger partial charge in [-0.1, -0.05) is 11.6 Å². The van der Waals surface area contributed by atoms with Crippen molar-refractivity contribution in [2.45, 2.75) is 6.92 Å². The van der Waals surface area contributed by atoms with Gasteiger partial charge < -0.3 is 11.1 Å². The monoisotopic (exact) mass is 268 g/mol. The van der Waals surface area contributed by atoms with E-state index in [0.29, 0.717) is 27.6 Å². The first kappa shape index (κ1) is 12.6. The van der Waals surface area contributed by atoms with Crippen LogP contribution in [-0.2, 0) is 0 Å². The molecule has 0 amide bonds. The van der Waals surface area contributed by atoms with Gasteiger partial charge in [-0.3, -0.25) is 0 Å². The number of benzene rings is 2.